The second-order valence-corrected chi connectivity index (χ2v) is 6.31. The summed E-state index contributed by atoms with van der Waals surface area (Å²) in [6, 6.07) is 1.14. The zero-order chi connectivity index (χ0) is 11.6. The third-order valence-corrected chi connectivity index (χ3v) is 3.28. The van der Waals surface area contributed by atoms with Gasteiger partial charge in [0.15, 0.2) is 0 Å². The van der Waals surface area contributed by atoms with Crippen LogP contribution < -0.4 is 5.32 Å². The fraction of sp³-hybridized carbons (Fsp3) is 0.917. The first-order valence-electron chi connectivity index (χ1n) is 5.82. The highest BCUT2D eigenvalue weighted by atomic mass is 32.1. The second kappa shape index (κ2) is 4.89. The Balaban J connectivity index is 2.56. The molecular weight excluding hydrogens is 204 g/mol. The molecule has 1 atom stereocenters. The first-order chi connectivity index (χ1) is 6.80. The van der Waals surface area contributed by atoms with Gasteiger partial charge in [-0.1, -0.05) is 12.2 Å². The van der Waals surface area contributed by atoms with Gasteiger partial charge in [0.2, 0.25) is 0 Å². The number of hydrogen-bond donors (Lipinski definition) is 1. The molecule has 1 aliphatic rings. The zero-order valence-corrected chi connectivity index (χ0v) is 11.4. The van der Waals surface area contributed by atoms with Crippen LogP contribution in [0.4, 0.5) is 0 Å². The molecule has 3 heteroatoms. The van der Waals surface area contributed by atoms with E-state index in [2.05, 4.69) is 44.8 Å². The van der Waals surface area contributed by atoms with Gasteiger partial charge in [-0.2, -0.15) is 0 Å². The minimum absolute atomic E-state index is 0.236. The van der Waals surface area contributed by atoms with E-state index in [4.69, 9.17) is 12.2 Å². The lowest BCUT2D eigenvalue weighted by molar-refractivity contribution is 0.0891. The second-order valence-electron chi connectivity index (χ2n) is 5.74. The molecule has 1 unspecified atom stereocenters. The topological polar surface area (TPSA) is 15.3 Å². The molecule has 1 N–H and O–H groups in total. The van der Waals surface area contributed by atoms with Crippen molar-refractivity contribution in [2.45, 2.75) is 58.7 Å². The summed E-state index contributed by atoms with van der Waals surface area (Å²) in [6.07, 6.45) is 1.06. The van der Waals surface area contributed by atoms with Crippen LogP contribution in [0.3, 0.4) is 0 Å². The number of thiocarbonyl (C=S) groups is 1. The van der Waals surface area contributed by atoms with Crippen molar-refractivity contribution in [3.63, 3.8) is 0 Å². The fourth-order valence-electron chi connectivity index (χ4n) is 2.30. The molecule has 0 radical (unpaired) electrons. The van der Waals surface area contributed by atoms with E-state index in [-0.39, 0.29) is 5.54 Å². The number of nitrogens with one attached hydrogen (secondary N) is 1. The average Bonchev–Trinajstić information content (AvgIpc) is 2.44. The van der Waals surface area contributed by atoms with Crippen LogP contribution >= 0.6 is 12.2 Å². The summed E-state index contributed by atoms with van der Waals surface area (Å²) < 4.78 is 0. The molecule has 0 aliphatic carbocycles. The highest BCUT2D eigenvalue weighted by Gasteiger charge is 2.28. The third kappa shape index (κ3) is 3.82. The van der Waals surface area contributed by atoms with Gasteiger partial charge in [-0.3, -0.25) is 4.90 Å². The van der Waals surface area contributed by atoms with E-state index in [0.29, 0.717) is 12.1 Å². The SMILES string of the molecule is CC(C)N(CC1CC(=S)CN1)C(C)(C)C. The molecule has 0 aromatic heterocycles. The molecule has 0 aromatic rings. The highest BCUT2D eigenvalue weighted by molar-refractivity contribution is 7.80. The van der Waals surface area contributed by atoms with Crippen molar-refractivity contribution in [3.05, 3.63) is 0 Å². The van der Waals surface area contributed by atoms with Crippen LogP contribution in [0.25, 0.3) is 0 Å². The Morgan fingerprint density at radius 1 is 1.47 bits per heavy atom. The monoisotopic (exact) mass is 228 g/mol. The number of nitrogens with zero attached hydrogens (tertiary/aromatic N) is 1. The lowest BCUT2D eigenvalue weighted by atomic mass is 10.0. The zero-order valence-electron chi connectivity index (χ0n) is 10.6. The van der Waals surface area contributed by atoms with Crippen molar-refractivity contribution in [2.75, 3.05) is 13.1 Å². The van der Waals surface area contributed by atoms with Crippen LogP contribution in [0.2, 0.25) is 0 Å². The van der Waals surface area contributed by atoms with Crippen molar-refractivity contribution in [2.24, 2.45) is 0 Å². The summed E-state index contributed by atoms with van der Waals surface area (Å²) in [6.45, 7) is 13.4. The summed E-state index contributed by atoms with van der Waals surface area (Å²) in [5.41, 5.74) is 0.236. The van der Waals surface area contributed by atoms with Gasteiger partial charge in [0, 0.05) is 35.6 Å². The summed E-state index contributed by atoms with van der Waals surface area (Å²) >= 11 is 5.23. The molecule has 15 heavy (non-hydrogen) atoms. The first kappa shape index (κ1) is 13.1. The molecule has 1 saturated heterocycles. The Labute approximate surface area is 99.4 Å². The minimum Gasteiger partial charge on any atom is -0.308 e. The van der Waals surface area contributed by atoms with Crippen LogP contribution in [0.15, 0.2) is 0 Å². The third-order valence-electron chi connectivity index (χ3n) is 2.96. The van der Waals surface area contributed by atoms with E-state index in [1.807, 2.05) is 0 Å². The minimum atomic E-state index is 0.236. The van der Waals surface area contributed by atoms with Gasteiger partial charge in [0.05, 0.1) is 0 Å². The molecule has 2 nitrogen and oxygen atoms in total. The number of hydrogen-bond acceptors (Lipinski definition) is 3. The molecule has 1 heterocycles. The summed E-state index contributed by atoms with van der Waals surface area (Å²) in [7, 11) is 0. The van der Waals surface area contributed by atoms with Crippen molar-refractivity contribution in [3.8, 4) is 0 Å². The van der Waals surface area contributed by atoms with Gasteiger partial charge < -0.3 is 5.32 Å². The maximum absolute atomic E-state index is 5.23. The van der Waals surface area contributed by atoms with Crippen molar-refractivity contribution >= 4 is 17.1 Å². The van der Waals surface area contributed by atoms with Crippen LogP contribution in [-0.2, 0) is 0 Å². The molecule has 0 aromatic carbocycles. The molecule has 1 aliphatic heterocycles. The maximum atomic E-state index is 5.23. The van der Waals surface area contributed by atoms with E-state index in [9.17, 15) is 0 Å². The van der Waals surface area contributed by atoms with E-state index in [1.54, 1.807) is 0 Å². The Hall–Kier alpha value is 0.01000. The molecule has 0 bridgehead atoms. The Morgan fingerprint density at radius 2 is 2.07 bits per heavy atom. The van der Waals surface area contributed by atoms with Crippen LogP contribution in [-0.4, -0.2) is 40.5 Å². The van der Waals surface area contributed by atoms with Gasteiger partial charge in [-0.25, -0.2) is 0 Å². The Bertz CT molecular complexity index is 230. The van der Waals surface area contributed by atoms with Crippen molar-refractivity contribution in [1.29, 1.82) is 0 Å². The van der Waals surface area contributed by atoms with Crippen LogP contribution in [0.5, 0.6) is 0 Å². The molecule has 0 amide bonds. The van der Waals surface area contributed by atoms with Crippen molar-refractivity contribution in [1.82, 2.24) is 10.2 Å². The lowest BCUT2D eigenvalue weighted by Crippen LogP contribution is -2.50. The largest absolute Gasteiger partial charge is 0.308 e. The van der Waals surface area contributed by atoms with E-state index in [0.717, 1.165) is 19.5 Å². The van der Waals surface area contributed by atoms with Crippen LogP contribution in [0.1, 0.15) is 41.0 Å². The van der Waals surface area contributed by atoms with E-state index < -0.39 is 0 Å². The average molecular weight is 228 g/mol. The normalized spacial score (nSPS) is 23.1. The number of rotatable bonds is 3. The Kier molecular flexibility index (Phi) is 4.27. The smallest absolute Gasteiger partial charge is 0.0273 e. The summed E-state index contributed by atoms with van der Waals surface area (Å²) in [4.78, 5) is 3.72. The standard InChI is InChI=1S/C12H24N2S/c1-9(2)14(12(3,4)5)8-10-6-11(15)7-13-10/h9-10,13H,6-8H2,1-5H3. The van der Waals surface area contributed by atoms with Crippen LogP contribution in [0, 0.1) is 0 Å². The predicted molar refractivity (Wildman–Crippen MR) is 70.6 cm³/mol. The first-order valence-corrected chi connectivity index (χ1v) is 6.23. The highest BCUT2D eigenvalue weighted by Crippen LogP contribution is 2.19. The molecule has 1 rings (SSSR count). The van der Waals surface area contributed by atoms with Gasteiger partial charge in [-0.05, 0) is 41.0 Å². The predicted octanol–water partition coefficient (Wildman–Crippen LogP) is 2.23. The van der Waals surface area contributed by atoms with Crippen molar-refractivity contribution < 1.29 is 0 Å². The molecule has 0 spiro atoms. The van der Waals surface area contributed by atoms with Gasteiger partial charge in [0.25, 0.3) is 0 Å². The molecular formula is C12H24N2S. The lowest BCUT2D eigenvalue weighted by Gasteiger charge is -2.40. The molecule has 88 valence electrons. The van der Waals surface area contributed by atoms with Gasteiger partial charge in [0.1, 0.15) is 0 Å². The van der Waals surface area contributed by atoms with E-state index >= 15 is 0 Å². The van der Waals surface area contributed by atoms with E-state index in [1.165, 1.54) is 4.86 Å². The molecule has 0 saturated carbocycles. The summed E-state index contributed by atoms with van der Waals surface area (Å²) in [5.74, 6) is 0. The molecule has 1 fully saturated rings. The fourth-order valence-corrected chi connectivity index (χ4v) is 2.59. The van der Waals surface area contributed by atoms with Gasteiger partial charge >= 0.3 is 0 Å². The maximum Gasteiger partial charge on any atom is 0.0273 e. The Morgan fingerprint density at radius 3 is 2.40 bits per heavy atom. The quantitative estimate of drug-likeness (QED) is 0.746. The van der Waals surface area contributed by atoms with Gasteiger partial charge in [-0.15, -0.1) is 0 Å². The summed E-state index contributed by atoms with van der Waals surface area (Å²) in [5, 5.41) is 3.48.